The van der Waals surface area contributed by atoms with E-state index >= 15 is 0 Å². The average molecular weight is 272 g/mol. The first kappa shape index (κ1) is 10.2. The van der Waals surface area contributed by atoms with Crippen molar-refractivity contribution in [3.05, 3.63) is 22.8 Å². The van der Waals surface area contributed by atoms with Crippen LogP contribution in [0, 0.1) is 5.92 Å². The summed E-state index contributed by atoms with van der Waals surface area (Å²) in [7, 11) is 0. The van der Waals surface area contributed by atoms with Crippen LogP contribution in [-0.2, 0) is 4.79 Å². The number of aromatic nitrogens is 1. The Morgan fingerprint density at radius 3 is 3.07 bits per heavy atom. The second-order valence-corrected chi connectivity index (χ2v) is 5.14. The maximum Gasteiger partial charge on any atom is 0.146 e. The number of thioether (sulfide) groups is 1. The molecule has 1 saturated carbocycles. The van der Waals surface area contributed by atoms with Crippen molar-refractivity contribution in [3.63, 3.8) is 0 Å². The summed E-state index contributed by atoms with van der Waals surface area (Å²) in [6.07, 6.45) is 3.92. The van der Waals surface area contributed by atoms with Crippen molar-refractivity contribution in [1.29, 1.82) is 0 Å². The van der Waals surface area contributed by atoms with E-state index in [0.29, 0.717) is 17.5 Å². The van der Waals surface area contributed by atoms with Crippen LogP contribution in [-0.4, -0.2) is 16.5 Å². The van der Waals surface area contributed by atoms with Crippen LogP contribution in [0.2, 0.25) is 0 Å². The van der Waals surface area contributed by atoms with Gasteiger partial charge in [-0.05, 0) is 40.9 Å². The highest BCUT2D eigenvalue weighted by atomic mass is 79.9. The van der Waals surface area contributed by atoms with Gasteiger partial charge in [-0.2, -0.15) is 0 Å². The molecule has 2 nitrogen and oxygen atoms in total. The van der Waals surface area contributed by atoms with Crippen molar-refractivity contribution < 1.29 is 4.79 Å². The minimum absolute atomic E-state index is 0.352. The number of halogens is 1. The van der Waals surface area contributed by atoms with Gasteiger partial charge in [-0.25, -0.2) is 4.98 Å². The molecule has 0 amide bonds. The third-order valence-corrected chi connectivity index (χ3v) is 4.04. The predicted octanol–water partition coefficient (Wildman–Crippen LogP) is 2.92. The van der Waals surface area contributed by atoms with Crippen LogP contribution in [0.5, 0.6) is 0 Å². The SMILES string of the molecule is O=C(CSc1ncccc1Br)C1CC1. The predicted molar refractivity (Wildman–Crippen MR) is 60.4 cm³/mol. The first-order valence-electron chi connectivity index (χ1n) is 4.53. The lowest BCUT2D eigenvalue weighted by Gasteiger charge is -2.01. The fraction of sp³-hybridized carbons (Fsp3) is 0.400. The smallest absolute Gasteiger partial charge is 0.146 e. The Morgan fingerprint density at radius 1 is 1.64 bits per heavy atom. The van der Waals surface area contributed by atoms with Crippen LogP contribution in [0.4, 0.5) is 0 Å². The van der Waals surface area contributed by atoms with Crippen molar-refractivity contribution in [3.8, 4) is 0 Å². The molecule has 0 unspecified atom stereocenters. The van der Waals surface area contributed by atoms with Gasteiger partial charge in [0.05, 0.1) is 5.75 Å². The largest absolute Gasteiger partial charge is 0.298 e. The summed E-state index contributed by atoms with van der Waals surface area (Å²) < 4.78 is 0.966. The number of rotatable bonds is 4. The zero-order valence-electron chi connectivity index (χ0n) is 7.57. The highest BCUT2D eigenvalue weighted by molar-refractivity contribution is 9.10. The van der Waals surface area contributed by atoms with Gasteiger partial charge in [-0.3, -0.25) is 4.79 Å². The lowest BCUT2D eigenvalue weighted by molar-refractivity contribution is -0.117. The molecule has 0 bridgehead atoms. The molecule has 0 saturated heterocycles. The molecular weight excluding hydrogens is 262 g/mol. The van der Waals surface area contributed by atoms with Gasteiger partial charge < -0.3 is 0 Å². The summed E-state index contributed by atoms with van der Waals surface area (Å²) in [6, 6.07) is 3.81. The van der Waals surface area contributed by atoms with Gasteiger partial charge in [0.2, 0.25) is 0 Å². The van der Waals surface area contributed by atoms with Crippen molar-refractivity contribution in [2.24, 2.45) is 5.92 Å². The molecule has 1 heterocycles. The summed E-state index contributed by atoms with van der Waals surface area (Å²) in [5.41, 5.74) is 0. The Bertz CT molecular complexity index is 352. The molecule has 0 radical (unpaired) electrons. The Labute approximate surface area is 95.6 Å². The molecule has 1 aromatic heterocycles. The topological polar surface area (TPSA) is 30.0 Å². The van der Waals surface area contributed by atoms with Crippen molar-refractivity contribution in [1.82, 2.24) is 4.98 Å². The monoisotopic (exact) mass is 271 g/mol. The Morgan fingerprint density at radius 2 is 2.43 bits per heavy atom. The van der Waals surface area contributed by atoms with Gasteiger partial charge in [0.25, 0.3) is 0 Å². The van der Waals surface area contributed by atoms with Crippen molar-refractivity contribution in [2.75, 3.05) is 5.75 Å². The number of nitrogens with zero attached hydrogens (tertiary/aromatic N) is 1. The molecule has 0 aliphatic heterocycles. The average Bonchev–Trinajstić information content (AvgIpc) is 2.99. The van der Waals surface area contributed by atoms with Crippen molar-refractivity contribution >= 4 is 33.5 Å². The lowest BCUT2D eigenvalue weighted by Crippen LogP contribution is -2.03. The fourth-order valence-electron chi connectivity index (χ4n) is 1.14. The Hall–Kier alpha value is -0.350. The zero-order valence-corrected chi connectivity index (χ0v) is 9.97. The first-order chi connectivity index (χ1) is 6.77. The van der Waals surface area contributed by atoms with E-state index in [1.807, 2.05) is 12.1 Å². The van der Waals surface area contributed by atoms with Crippen LogP contribution < -0.4 is 0 Å². The molecule has 4 heteroatoms. The lowest BCUT2D eigenvalue weighted by atomic mass is 10.3. The summed E-state index contributed by atoms with van der Waals surface area (Å²) >= 11 is 4.92. The molecule has 1 fully saturated rings. The number of Topliss-reactive ketones (excluding diaryl/α,β-unsaturated/α-hetero) is 1. The normalized spacial score (nSPS) is 15.5. The number of hydrogen-bond donors (Lipinski definition) is 0. The van der Waals surface area contributed by atoms with Crippen LogP contribution in [0.25, 0.3) is 0 Å². The molecule has 1 aliphatic rings. The maximum atomic E-state index is 11.4. The number of ketones is 1. The quantitative estimate of drug-likeness (QED) is 0.789. The molecule has 1 aliphatic carbocycles. The van der Waals surface area contributed by atoms with Crippen LogP contribution >= 0.6 is 27.7 Å². The van der Waals surface area contributed by atoms with Crippen molar-refractivity contribution in [2.45, 2.75) is 17.9 Å². The number of pyridine rings is 1. The van der Waals surface area contributed by atoms with Gasteiger partial charge in [0, 0.05) is 16.6 Å². The summed E-state index contributed by atoms with van der Waals surface area (Å²) in [6.45, 7) is 0. The van der Waals surface area contributed by atoms with Gasteiger partial charge >= 0.3 is 0 Å². The van der Waals surface area contributed by atoms with E-state index in [1.54, 1.807) is 6.20 Å². The van der Waals surface area contributed by atoms with Gasteiger partial charge in [-0.1, -0.05) is 11.8 Å². The van der Waals surface area contributed by atoms with Crippen LogP contribution in [0.1, 0.15) is 12.8 Å². The number of carbonyl (C=O) groups excluding carboxylic acids is 1. The molecule has 14 heavy (non-hydrogen) atoms. The van der Waals surface area contributed by atoms with E-state index < -0.39 is 0 Å². The van der Waals surface area contributed by atoms with E-state index in [-0.39, 0.29) is 0 Å². The zero-order chi connectivity index (χ0) is 9.97. The third-order valence-electron chi connectivity index (χ3n) is 2.11. The summed E-state index contributed by atoms with van der Waals surface area (Å²) in [4.78, 5) is 15.6. The highest BCUT2D eigenvalue weighted by Gasteiger charge is 2.29. The highest BCUT2D eigenvalue weighted by Crippen LogP contribution is 2.32. The molecule has 0 spiro atoms. The number of carbonyl (C=O) groups is 1. The van der Waals surface area contributed by atoms with E-state index in [9.17, 15) is 4.79 Å². The van der Waals surface area contributed by atoms with E-state index in [0.717, 1.165) is 22.3 Å². The molecule has 0 aromatic carbocycles. The first-order valence-corrected chi connectivity index (χ1v) is 6.31. The minimum atomic E-state index is 0.352. The van der Waals surface area contributed by atoms with E-state index in [1.165, 1.54) is 11.8 Å². The van der Waals surface area contributed by atoms with E-state index in [4.69, 9.17) is 0 Å². The standard InChI is InChI=1S/C10H10BrNOS/c11-8-2-1-5-12-10(8)14-6-9(13)7-3-4-7/h1-2,5,7H,3-4,6H2. The maximum absolute atomic E-state index is 11.4. The number of hydrogen-bond acceptors (Lipinski definition) is 3. The molecule has 2 rings (SSSR count). The molecule has 1 aromatic rings. The fourth-order valence-corrected chi connectivity index (χ4v) is 2.59. The minimum Gasteiger partial charge on any atom is -0.298 e. The molecule has 0 N–H and O–H groups in total. The molecule has 74 valence electrons. The Kier molecular flexibility index (Phi) is 3.23. The third kappa shape index (κ3) is 2.58. The van der Waals surface area contributed by atoms with E-state index in [2.05, 4.69) is 20.9 Å². The van der Waals surface area contributed by atoms with Gasteiger partial charge in [0.1, 0.15) is 10.8 Å². The Balaban J connectivity index is 1.91. The summed E-state index contributed by atoms with van der Waals surface area (Å²) in [5, 5.41) is 0.904. The second-order valence-electron chi connectivity index (χ2n) is 3.32. The summed E-state index contributed by atoms with van der Waals surface area (Å²) in [5.74, 6) is 1.28. The molecule has 0 atom stereocenters. The van der Waals surface area contributed by atoms with Crippen LogP contribution in [0.3, 0.4) is 0 Å². The second kappa shape index (κ2) is 4.45. The van der Waals surface area contributed by atoms with Gasteiger partial charge in [-0.15, -0.1) is 0 Å². The van der Waals surface area contributed by atoms with Crippen LogP contribution in [0.15, 0.2) is 27.8 Å². The molecular formula is C10H10BrNOS. The van der Waals surface area contributed by atoms with Gasteiger partial charge in [0.15, 0.2) is 0 Å².